The fourth-order valence-corrected chi connectivity index (χ4v) is 4.03. The number of rotatable bonds is 3. The number of ether oxygens (including phenoxy) is 2. The number of phenolic OH excluding ortho intramolecular Hbond substituents is 2. The number of phenols is 2. The van der Waals surface area contributed by atoms with E-state index in [2.05, 4.69) is 0 Å². The van der Waals surface area contributed by atoms with Crippen LogP contribution < -0.4 is 5.73 Å². The Balaban J connectivity index is 1.69. The molecule has 0 radical (unpaired) electrons. The second kappa shape index (κ2) is 7.48. The maximum absolute atomic E-state index is 13.0. The molecule has 0 amide bonds. The van der Waals surface area contributed by atoms with Gasteiger partial charge in [0.15, 0.2) is 17.9 Å². The number of fused-ring (bicyclic) bond motifs is 2. The summed E-state index contributed by atoms with van der Waals surface area (Å²) >= 11 is 0. The van der Waals surface area contributed by atoms with E-state index in [1.54, 1.807) is 19.1 Å². The zero-order valence-corrected chi connectivity index (χ0v) is 16.6. The van der Waals surface area contributed by atoms with Crippen LogP contribution in [0.3, 0.4) is 0 Å². The van der Waals surface area contributed by atoms with Crippen LogP contribution in [-0.4, -0.2) is 51.4 Å². The molecule has 4 rings (SSSR count). The molecule has 1 heterocycles. The highest BCUT2D eigenvalue weighted by molar-refractivity contribution is 6.30. The smallest absolute Gasteiger partial charge is 0.198 e. The summed E-state index contributed by atoms with van der Waals surface area (Å²) in [7, 11) is 0. The van der Waals surface area contributed by atoms with Crippen LogP contribution in [0.1, 0.15) is 56.3 Å². The second-order valence-corrected chi connectivity index (χ2v) is 7.73. The Labute approximate surface area is 172 Å². The summed E-state index contributed by atoms with van der Waals surface area (Å²) in [5.74, 6) is -1.82. The van der Waals surface area contributed by atoms with Crippen LogP contribution in [-0.2, 0) is 16.1 Å². The molecule has 4 atom stereocenters. The van der Waals surface area contributed by atoms with Gasteiger partial charge in [-0.15, -0.1) is 0 Å². The highest BCUT2D eigenvalue weighted by atomic mass is 16.7. The molecule has 1 aliphatic heterocycles. The van der Waals surface area contributed by atoms with E-state index in [1.807, 2.05) is 0 Å². The minimum absolute atomic E-state index is 0.171. The highest BCUT2D eigenvalue weighted by Gasteiger charge is 2.38. The van der Waals surface area contributed by atoms with Crippen LogP contribution in [0, 0.1) is 6.92 Å². The molecule has 30 heavy (non-hydrogen) atoms. The van der Waals surface area contributed by atoms with Crippen molar-refractivity contribution in [3.63, 3.8) is 0 Å². The van der Waals surface area contributed by atoms with Crippen molar-refractivity contribution in [1.29, 1.82) is 0 Å². The first-order valence-electron chi connectivity index (χ1n) is 9.68. The van der Waals surface area contributed by atoms with Gasteiger partial charge in [-0.3, -0.25) is 9.59 Å². The summed E-state index contributed by atoms with van der Waals surface area (Å²) in [6.45, 7) is 3.03. The summed E-state index contributed by atoms with van der Waals surface area (Å²) < 4.78 is 11.3. The zero-order valence-electron chi connectivity index (χ0n) is 16.6. The normalized spacial score (nSPS) is 25.7. The number of hydrogen-bond acceptors (Lipinski definition) is 8. The number of hydrogen-bond donors (Lipinski definition) is 4. The molecule has 0 unspecified atom stereocenters. The van der Waals surface area contributed by atoms with Crippen LogP contribution in [0.25, 0.3) is 0 Å². The van der Waals surface area contributed by atoms with Crippen molar-refractivity contribution in [1.82, 2.24) is 0 Å². The molecule has 1 aliphatic carbocycles. The van der Waals surface area contributed by atoms with Gasteiger partial charge in [0.1, 0.15) is 11.5 Å². The van der Waals surface area contributed by atoms with Crippen molar-refractivity contribution < 1.29 is 34.4 Å². The SMILES string of the molecule is Cc1c(O)c2c(c(O)c1CO[C@H]1C[C@H](N)[C@@H](O)[C@H](C)O1)C(=O)c1ccccc1C2=O. The third-order valence-corrected chi connectivity index (χ3v) is 5.85. The van der Waals surface area contributed by atoms with Gasteiger partial charge in [-0.05, 0) is 13.8 Å². The van der Waals surface area contributed by atoms with Crippen LogP contribution in [0.2, 0.25) is 0 Å². The minimum atomic E-state index is -0.809. The molecular weight excluding hydrogens is 390 g/mol. The third-order valence-electron chi connectivity index (χ3n) is 5.85. The van der Waals surface area contributed by atoms with E-state index >= 15 is 0 Å². The molecule has 2 aliphatic rings. The Kier molecular flexibility index (Phi) is 5.11. The van der Waals surface area contributed by atoms with Crippen LogP contribution in [0.5, 0.6) is 11.5 Å². The Hall–Kier alpha value is -2.78. The predicted octanol–water partition coefficient (Wildman–Crippen LogP) is 1.52. The van der Waals surface area contributed by atoms with Crippen LogP contribution in [0.15, 0.2) is 24.3 Å². The fraction of sp³-hybridized carbons (Fsp3) is 0.364. The largest absolute Gasteiger partial charge is 0.507 e. The van der Waals surface area contributed by atoms with E-state index in [4.69, 9.17) is 15.2 Å². The topological polar surface area (TPSA) is 139 Å². The van der Waals surface area contributed by atoms with Crippen LogP contribution in [0.4, 0.5) is 0 Å². The van der Waals surface area contributed by atoms with E-state index < -0.39 is 41.9 Å². The lowest BCUT2D eigenvalue weighted by Gasteiger charge is -2.36. The molecule has 2 aromatic carbocycles. The maximum atomic E-state index is 13.0. The third kappa shape index (κ3) is 3.09. The maximum Gasteiger partial charge on any atom is 0.198 e. The van der Waals surface area contributed by atoms with E-state index in [9.17, 15) is 24.9 Å². The summed E-state index contributed by atoms with van der Waals surface area (Å²) in [6, 6.07) is 5.76. The summed E-state index contributed by atoms with van der Waals surface area (Å²) in [4.78, 5) is 25.9. The molecule has 0 aromatic heterocycles. The van der Waals surface area contributed by atoms with Gasteiger partial charge >= 0.3 is 0 Å². The van der Waals surface area contributed by atoms with Gasteiger partial charge < -0.3 is 30.5 Å². The monoisotopic (exact) mass is 413 g/mol. The average Bonchev–Trinajstić information content (AvgIpc) is 2.72. The molecule has 8 nitrogen and oxygen atoms in total. The fourth-order valence-electron chi connectivity index (χ4n) is 4.03. The van der Waals surface area contributed by atoms with Crippen molar-refractivity contribution in [3.8, 4) is 11.5 Å². The van der Waals surface area contributed by atoms with Crippen molar-refractivity contribution in [2.24, 2.45) is 5.73 Å². The molecule has 2 aromatic rings. The van der Waals surface area contributed by atoms with Gasteiger partial charge in [0.05, 0.1) is 29.9 Å². The van der Waals surface area contributed by atoms with Gasteiger partial charge in [0.25, 0.3) is 0 Å². The standard InChI is InChI=1S/C22H23NO7/c1-9-13(8-29-15-7-14(23)19(25)10(2)30-15)22(28)17-16(18(9)24)20(26)11-5-3-4-6-12(11)21(17)27/h3-6,10,14-15,19,24-25,28H,7-8,23H2,1-2H3/t10-,14-,15+,19-/m0/s1. The molecule has 158 valence electrons. The number of carbonyl (C=O) groups excluding carboxylic acids is 2. The number of aliphatic hydroxyl groups excluding tert-OH is 1. The van der Waals surface area contributed by atoms with E-state index in [0.717, 1.165) is 0 Å². The van der Waals surface area contributed by atoms with Crippen LogP contribution >= 0.6 is 0 Å². The minimum Gasteiger partial charge on any atom is -0.507 e. The Morgan fingerprint density at radius 2 is 1.67 bits per heavy atom. The lowest BCUT2D eigenvalue weighted by Crippen LogP contribution is -2.51. The number of aliphatic hydroxyl groups is 1. The molecule has 0 spiro atoms. The van der Waals surface area contributed by atoms with Crippen molar-refractivity contribution in [3.05, 3.63) is 57.6 Å². The van der Waals surface area contributed by atoms with Crippen molar-refractivity contribution in [2.75, 3.05) is 0 Å². The molecule has 0 saturated carbocycles. The van der Waals surface area contributed by atoms with Gasteiger partial charge in [-0.25, -0.2) is 0 Å². The number of nitrogens with two attached hydrogens (primary N) is 1. The lowest BCUT2D eigenvalue weighted by atomic mass is 9.81. The van der Waals surface area contributed by atoms with Gasteiger partial charge in [-0.2, -0.15) is 0 Å². The van der Waals surface area contributed by atoms with Gasteiger partial charge in [-0.1, -0.05) is 24.3 Å². The summed E-state index contributed by atoms with van der Waals surface area (Å²) in [5, 5.41) is 31.4. The zero-order chi connectivity index (χ0) is 21.7. The van der Waals surface area contributed by atoms with Gasteiger partial charge in [0, 0.05) is 34.7 Å². The molecule has 5 N–H and O–H groups in total. The first-order chi connectivity index (χ1) is 14.2. The highest BCUT2D eigenvalue weighted by Crippen LogP contribution is 2.43. The number of carbonyl (C=O) groups is 2. The number of aromatic hydroxyl groups is 2. The first-order valence-corrected chi connectivity index (χ1v) is 9.68. The summed E-state index contributed by atoms with van der Waals surface area (Å²) in [5.41, 5.74) is 6.24. The second-order valence-electron chi connectivity index (χ2n) is 7.73. The lowest BCUT2D eigenvalue weighted by molar-refractivity contribution is -0.226. The number of ketones is 2. The Bertz CT molecular complexity index is 1040. The van der Waals surface area contributed by atoms with Crippen molar-refractivity contribution >= 4 is 11.6 Å². The van der Waals surface area contributed by atoms with E-state index in [1.165, 1.54) is 19.1 Å². The van der Waals surface area contributed by atoms with E-state index in [0.29, 0.717) is 0 Å². The average molecular weight is 413 g/mol. The molecule has 8 heteroatoms. The Morgan fingerprint density at radius 1 is 1.10 bits per heavy atom. The first kappa shape index (κ1) is 20.5. The quantitative estimate of drug-likeness (QED) is 0.474. The Morgan fingerprint density at radius 3 is 2.23 bits per heavy atom. The molecular formula is C22H23NO7. The predicted molar refractivity (Wildman–Crippen MR) is 106 cm³/mol. The molecule has 1 saturated heterocycles. The molecule has 0 bridgehead atoms. The number of benzene rings is 2. The molecule has 1 fully saturated rings. The van der Waals surface area contributed by atoms with Crippen molar-refractivity contribution in [2.45, 2.75) is 51.4 Å². The van der Waals surface area contributed by atoms with Gasteiger partial charge in [0.2, 0.25) is 0 Å². The summed E-state index contributed by atoms with van der Waals surface area (Å²) in [6.07, 6.45) is -1.82. The van der Waals surface area contributed by atoms with E-state index in [-0.39, 0.29) is 52.2 Å².